The molecule has 78 valence electrons. The zero-order chi connectivity index (χ0) is 10.6. The summed E-state index contributed by atoms with van der Waals surface area (Å²) in [7, 11) is 1.59. The van der Waals surface area contributed by atoms with Crippen molar-refractivity contribution in [1.82, 2.24) is 0 Å². The van der Waals surface area contributed by atoms with Crippen molar-refractivity contribution in [1.29, 1.82) is 0 Å². The molecule has 0 fully saturated rings. The molecule has 1 aromatic rings. The van der Waals surface area contributed by atoms with E-state index in [2.05, 4.69) is 15.9 Å². The summed E-state index contributed by atoms with van der Waals surface area (Å²) in [6, 6.07) is 5.73. The highest BCUT2D eigenvalue weighted by Gasteiger charge is 2.08. The third kappa shape index (κ3) is 2.97. The van der Waals surface area contributed by atoms with Gasteiger partial charge in [-0.1, -0.05) is 22.0 Å². The van der Waals surface area contributed by atoms with E-state index in [1.165, 1.54) is 0 Å². The Kier molecular flexibility index (Phi) is 4.38. The number of nitrogens with two attached hydrogens (primary N) is 1. The number of ether oxygens (including phenoxy) is 2. The molecule has 1 unspecified atom stereocenters. The van der Waals surface area contributed by atoms with Gasteiger partial charge in [-0.15, -0.1) is 0 Å². The Bertz CT molecular complexity index is 302. The average Bonchev–Trinajstić information content (AvgIpc) is 2.14. The summed E-state index contributed by atoms with van der Waals surface area (Å²) < 4.78 is 11.2. The Hall–Kier alpha value is -0.580. The van der Waals surface area contributed by atoms with Crippen LogP contribution in [0.1, 0.15) is 18.5 Å². The lowest BCUT2D eigenvalue weighted by molar-refractivity contribution is 0.0502. The van der Waals surface area contributed by atoms with Crippen LogP contribution in [0.4, 0.5) is 0 Å². The average molecular weight is 260 g/mol. The summed E-state index contributed by atoms with van der Waals surface area (Å²) in [6.07, 6.45) is 0. The van der Waals surface area contributed by atoms with Gasteiger partial charge < -0.3 is 15.2 Å². The molecule has 14 heavy (non-hydrogen) atoms. The van der Waals surface area contributed by atoms with Gasteiger partial charge in [0.1, 0.15) is 5.75 Å². The van der Waals surface area contributed by atoms with Crippen LogP contribution in [0.5, 0.6) is 5.75 Å². The first kappa shape index (κ1) is 11.5. The molecular weight excluding hydrogens is 246 g/mol. The molecule has 0 saturated heterocycles. The van der Waals surface area contributed by atoms with E-state index in [4.69, 9.17) is 15.2 Å². The number of hydrogen-bond donors (Lipinski definition) is 1. The summed E-state index contributed by atoms with van der Waals surface area (Å²) >= 11 is 3.38. The van der Waals surface area contributed by atoms with E-state index < -0.39 is 0 Å². The molecule has 0 spiro atoms. The van der Waals surface area contributed by atoms with Gasteiger partial charge in [-0.2, -0.15) is 0 Å². The summed E-state index contributed by atoms with van der Waals surface area (Å²) in [6.45, 7) is 2.15. The predicted octanol–water partition coefficient (Wildman–Crippen LogP) is 2.45. The largest absolute Gasteiger partial charge is 0.467 e. The minimum absolute atomic E-state index is 0.0463. The zero-order valence-corrected chi connectivity index (χ0v) is 9.87. The zero-order valence-electron chi connectivity index (χ0n) is 8.29. The van der Waals surface area contributed by atoms with Crippen LogP contribution < -0.4 is 10.5 Å². The van der Waals surface area contributed by atoms with Gasteiger partial charge in [-0.05, 0) is 19.1 Å². The second-order valence-corrected chi connectivity index (χ2v) is 3.94. The van der Waals surface area contributed by atoms with Crippen LogP contribution in [0, 0.1) is 0 Å². The highest BCUT2D eigenvalue weighted by atomic mass is 79.9. The monoisotopic (exact) mass is 259 g/mol. The first-order valence-corrected chi connectivity index (χ1v) is 5.11. The van der Waals surface area contributed by atoms with Crippen molar-refractivity contribution in [3.63, 3.8) is 0 Å². The van der Waals surface area contributed by atoms with Gasteiger partial charge >= 0.3 is 0 Å². The molecule has 2 N–H and O–H groups in total. The fraction of sp³-hybridized carbons (Fsp3) is 0.400. The van der Waals surface area contributed by atoms with Crippen LogP contribution in [0.2, 0.25) is 0 Å². The normalized spacial score (nSPS) is 12.6. The molecule has 0 aromatic heterocycles. The van der Waals surface area contributed by atoms with Crippen molar-refractivity contribution in [3.05, 3.63) is 28.2 Å². The van der Waals surface area contributed by atoms with E-state index in [9.17, 15) is 0 Å². The van der Waals surface area contributed by atoms with Gasteiger partial charge in [0.25, 0.3) is 0 Å². The van der Waals surface area contributed by atoms with Gasteiger partial charge in [0.05, 0.1) is 0 Å². The number of benzene rings is 1. The first-order chi connectivity index (χ1) is 6.65. The Morgan fingerprint density at radius 3 is 2.79 bits per heavy atom. The Balaban J connectivity index is 2.91. The lowest BCUT2D eigenvalue weighted by atomic mass is 10.1. The van der Waals surface area contributed by atoms with Crippen LogP contribution in [-0.4, -0.2) is 13.9 Å². The molecule has 4 heteroatoms. The quantitative estimate of drug-likeness (QED) is 0.846. The Labute approximate surface area is 92.3 Å². The second kappa shape index (κ2) is 5.34. The highest BCUT2D eigenvalue weighted by molar-refractivity contribution is 9.10. The molecule has 0 heterocycles. The maximum atomic E-state index is 5.80. The van der Waals surface area contributed by atoms with E-state index in [1.54, 1.807) is 7.11 Å². The minimum Gasteiger partial charge on any atom is -0.467 e. The van der Waals surface area contributed by atoms with E-state index in [-0.39, 0.29) is 12.8 Å². The topological polar surface area (TPSA) is 44.5 Å². The van der Waals surface area contributed by atoms with Crippen molar-refractivity contribution in [2.45, 2.75) is 13.0 Å². The van der Waals surface area contributed by atoms with E-state index >= 15 is 0 Å². The summed E-state index contributed by atoms with van der Waals surface area (Å²) in [5, 5.41) is 0. The van der Waals surface area contributed by atoms with Crippen LogP contribution in [0.25, 0.3) is 0 Å². The summed E-state index contributed by atoms with van der Waals surface area (Å²) in [5.41, 5.74) is 6.78. The van der Waals surface area contributed by atoms with Crippen LogP contribution in [0.15, 0.2) is 22.7 Å². The molecule has 1 atom stereocenters. The summed E-state index contributed by atoms with van der Waals surface area (Å²) in [4.78, 5) is 0. The van der Waals surface area contributed by atoms with Crippen molar-refractivity contribution >= 4 is 15.9 Å². The molecule has 0 aliphatic heterocycles. The van der Waals surface area contributed by atoms with Crippen LogP contribution in [-0.2, 0) is 4.74 Å². The van der Waals surface area contributed by atoms with Crippen molar-refractivity contribution in [2.75, 3.05) is 13.9 Å². The van der Waals surface area contributed by atoms with E-state index in [0.29, 0.717) is 0 Å². The molecular formula is C10H14BrNO2. The maximum Gasteiger partial charge on any atom is 0.188 e. The highest BCUT2D eigenvalue weighted by Crippen LogP contribution is 2.27. The van der Waals surface area contributed by atoms with Crippen molar-refractivity contribution in [2.24, 2.45) is 5.73 Å². The van der Waals surface area contributed by atoms with E-state index in [1.807, 2.05) is 25.1 Å². The fourth-order valence-electron chi connectivity index (χ4n) is 1.13. The maximum absolute atomic E-state index is 5.80. The molecule has 0 saturated carbocycles. The molecule has 0 amide bonds. The minimum atomic E-state index is -0.0463. The van der Waals surface area contributed by atoms with Gasteiger partial charge in [0.2, 0.25) is 0 Å². The lowest BCUT2D eigenvalue weighted by Gasteiger charge is -2.13. The third-order valence-electron chi connectivity index (χ3n) is 1.80. The molecule has 3 nitrogen and oxygen atoms in total. The smallest absolute Gasteiger partial charge is 0.188 e. The lowest BCUT2D eigenvalue weighted by Crippen LogP contribution is -2.09. The number of rotatable bonds is 4. The van der Waals surface area contributed by atoms with Crippen molar-refractivity contribution < 1.29 is 9.47 Å². The van der Waals surface area contributed by atoms with E-state index in [0.717, 1.165) is 15.8 Å². The fourth-order valence-corrected chi connectivity index (χ4v) is 1.47. The van der Waals surface area contributed by atoms with Gasteiger partial charge in [-0.3, -0.25) is 0 Å². The first-order valence-electron chi connectivity index (χ1n) is 4.32. The van der Waals surface area contributed by atoms with Crippen LogP contribution in [0.3, 0.4) is 0 Å². The number of halogens is 1. The molecule has 1 rings (SSSR count). The van der Waals surface area contributed by atoms with Crippen molar-refractivity contribution in [3.8, 4) is 5.75 Å². The van der Waals surface area contributed by atoms with Crippen LogP contribution >= 0.6 is 15.9 Å². The SMILES string of the molecule is COCOc1cc(Br)ccc1C(C)N. The Morgan fingerprint density at radius 1 is 1.50 bits per heavy atom. The van der Waals surface area contributed by atoms with Gasteiger partial charge in [0.15, 0.2) is 6.79 Å². The second-order valence-electron chi connectivity index (χ2n) is 3.02. The standard InChI is InChI=1S/C10H14BrNO2/c1-7(12)9-4-3-8(11)5-10(9)14-6-13-2/h3-5,7H,6,12H2,1-2H3. The molecule has 0 aliphatic rings. The van der Waals surface area contributed by atoms with Gasteiger partial charge in [-0.25, -0.2) is 0 Å². The number of methoxy groups -OCH3 is 1. The molecule has 0 radical (unpaired) electrons. The Morgan fingerprint density at radius 2 is 2.21 bits per heavy atom. The molecule has 0 bridgehead atoms. The third-order valence-corrected chi connectivity index (χ3v) is 2.29. The number of hydrogen-bond acceptors (Lipinski definition) is 3. The predicted molar refractivity (Wildman–Crippen MR) is 59.2 cm³/mol. The molecule has 0 aliphatic carbocycles. The summed E-state index contributed by atoms with van der Waals surface area (Å²) in [5.74, 6) is 0.760. The van der Waals surface area contributed by atoms with Gasteiger partial charge in [0, 0.05) is 23.2 Å². The molecule has 1 aromatic carbocycles.